The molecule has 14 heavy (non-hydrogen) atoms. The van der Waals surface area contributed by atoms with Crippen molar-refractivity contribution in [1.82, 2.24) is 5.32 Å². The maximum atomic E-state index is 6.09. The lowest BCUT2D eigenvalue weighted by Gasteiger charge is -2.09. The fraction of sp³-hybridized carbons (Fsp3) is 0.455. The monoisotopic (exact) mass is 211 g/mol. The van der Waals surface area contributed by atoms with Crippen LogP contribution in [0.15, 0.2) is 12.1 Å². The molecule has 0 fully saturated rings. The largest absolute Gasteiger partial charge is 0.490 e. The zero-order valence-corrected chi connectivity index (χ0v) is 9.19. The Hall–Kier alpha value is -0.730. The predicted octanol–water partition coefficient (Wildman–Crippen LogP) is 2.69. The Morgan fingerprint density at radius 2 is 2.36 bits per heavy atom. The average molecular weight is 212 g/mol. The topological polar surface area (TPSA) is 21.3 Å². The second kappa shape index (κ2) is 3.79. The molecule has 0 saturated carbocycles. The van der Waals surface area contributed by atoms with Crippen LogP contribution in [0, 0.1) is 6.92 Å². The maximum Gasteiger partial charge on any atom is 0.142 e. The van der Waals surface area contributed by atoms with Crippen LogP contribution in [0.1, 0.15) is 24.1 Å². The van der Waals surface area contributed by atoms with Crippen LogP contribution in [-0.4, -0.2) is 13.2 Å². The molecule has 1 aromatic rings. The van der Waals surface area contributed by atoms with Crippen LogP contribution in [0.5, 0.6) is 5.75 Å². The van der Waals surface area contributed by atoms with Gasteiger partial charge in [0.1, 0.15) is 12.4 Å². The number of nitrogens with one attached hydrogen (secondary N) is 1. The smallest absolute Gasteiger partial charge is 0.142 e. The number of halogens is 1. The van der Waals surface area contributed by atoms with Crippen molar-refractivity contribution in [3.63, 3.8) is 0 Å². The number of likely N-dealkylation sites (N-methyl/N-ethyl adjacent to an activating group) is 1. The minimum Gasteiger partial charge on any atom is -0.490 e. The van der Waals surface area contributed by atoms with Crippen LogP contribution in [0.3, 0.4) is 0 Å². The molecule has 76 valence electrons. The van der Waals surface area contributed by atoms with E-state index in [-0.39, 0.29) is 0 Å². The second-order valence-corrected chi connectivity index (χ2v) is 3.99. The minimum atomic E-state index is 0.299. The molecule has 1 heterocycles. The molecule has 1 aliphatic heterocycles. The molecule has 0 bridgehead atoms. The van der Waals surface area contributed by atoms with E-state index in [4.69, 9.17) is 16.3 Å². The summed E-state index contributed by atoms with van der Waals surface area (Å²) in [7, 11) is 0. The number of benzene rings is 1. The Balaban J connectivity index is 2.38. The van der Waals surface area contributed by atoms with Gasteiger partial charge in [0.25, 0.3) is 0 Å². The standard InChI is InChI=1S/C11H14ClNO/c1-3-13-10-6-14-11-8(10)4-7(2)5-9(11)12/h4-5,10,13H,3,6H2,1-2H3. The summed E-state index contributed by atoms with van der Waals surface area (Å²) in [5, 5.41) is 4.09. The summed E-state index contributed by atoms with van der Waals surface area (Å²) in [6, 6.07) is 4.38. The van der Waals surface area contributed by atoms with E-state index in [1.165, 1.54) is 11.1 Å². The molecule has 1 atom stereocenters. The molecule has 1 unspecified atom stereocenters. The molecule has 2 rings (SSSR count). The van der Waals surface area contributed by atoms with Crippen molar-refractivity contribution in [3.05, 3.63) is 28.3 Å². The van der Waals surface area contributed by atoms with Crippen molar-refractivity contribution >= 4 is 11.6 Å². The van der Waals surface area contributed by atoms with E-state index in [1.807, 2.05) is 13.0 Å². The van der Waals surface area contributed by atoms with E-state index < -0.39 is 0 Å². The zero-order chi connectivity index (χ0) is 10.1. The van der Waals surface area contributed by atoms with Gasteiger partial charge in [-0.1, -0.05) is 24.6 Å². The summed E-state index contributed by atoms with van der Waals surface area (Å²) >= 11 is 6.09. The Kier molecular flexibility index (Phi) is 2.66. The van der Waals surface area contributed by atoms with E-state index in [0.717, 1.165) is 17.3 Å². The Bertz CT molecular complexity index is 351. The van der Waals surface area contributed by atoms with Crippen LogP contribution >= 0.6 is 11.6 Å². The van der Waals surface area contributed by atoms with Gasteiger partial charge >= 0.3 is 0 Å². The summed E-state index contributed by atoms with van der Waals surface area (Å²) in [4.78, 5) is 0. The Morgan fingerprint density at radius 1 is 1.57 bits per heavy atom. The third kappa shape index (κ3) is 1.60. The van der Waals surface area contributed by atoms with Gasteiger partial charge in [0.05, 0.1) is 11.1 Å². The molecule has 1 N–H and O–H groups in total. The normalized spacial score (nSPS) is 19.2. The second-order valence-electron chi connectivity index (χ2n) is 3.59. The van der Waals surface area contributed by atoms with Crippen molar-refractivity contribution < 1.29 is 4.74 Å². The maximum absolute atomic E-state index is 6.09. The van der Waals surface area contributed by atoms with E-state index in [1.54, 1.807) is 0 Å². The van der Waals surface area contributed by atoms with Gasteiger partial charge in [-0.15, -0.1) is 0 Å². The summed E-state index contributed by atoms with van der Waals surface area (Å²) in [5.41, 5.74) is 2.37. The van der Waals surface area contributed by atoms with E-state index in [9.17, 15) is 0 Å². The molecule has 0 amide bonds. The molecule has 0 saturated heterocycles. The third-order valence-corrected chi connectivity index (χ3v) is 2.72. The van der Waals surface area contributed by atoms with Gasteiger partial charge in [0.15, 0.2) is 0 Å². The van der Waals surface area contributed by atoms with Gasteiger partial charge in [0.2, 0.25) is 0 Å². The molecular formula is C11H14ClNO. The number of hydrogen-bond donors (Lipinski definition) is 1. The zero-order valence-electron chi connectivity index (χ0n) is 8.43. The Labute approximate surface area is 89.2 Å². The van der Waals surface area contributed by atoms with E-state index >= 15 is 0 Å². The summed E-state index contributed by atoms with van der Waals surface area (Å²) in [5.74, 6) is 0.850. The fourth-order valence-electron chi connectivity index (χ4n) is 1.84. The highest BCUT2D eigenvalue weighted by Gasteiger charge is 2.25. The molecule has 0 radical (unpaired) electrons. The molecule has 1 aromatic carbocycles. The molecule has 2 nitrogen and oxygen atoms in total. The van der Waals surface area contributed by atoms with Crippen molar-refractivity contribution in [2.45, 2.75) is 19.9 Å². The number of fused-ring (bicyclic) bond motifs is 1. The van der Waals surface area contributed by atoms with Gasteiger partial charge < -0.3 is 10.1 Å². The van der Waals surface area contributed by atoms with E-state index in [2.05, 4.69) is 18.3 Å². The minimum absolute atomic E-state index is 0.299. The number of aryl methyl sites for hydroxylation is 1. The number of hydrogen-bond acceptors (Lipinski definition) is 2. The van der Waals surface area contributed by atoms with Crippen LogP contribution in [0.2, 0.25) is 5.02 Å². The van der Waals surface area contributed by atoms with Gasteiger partial charge in [-0.2, -0.15) is 0 Å². The quantitative estimate of drug-likeness (QED) is 0.812. The van der Waals surface area contributed by atoms with Crippen LogP contribution in [0.25, 0.3) is 0 Å². The first kappa shape index (κ1) is 9.81. The predicted molar refractivity (Wildman–Crippen MR) is 58.1 cm³/mol. The fourth-order valence-corrected chi connectivity index (χ4v) is 2.17. The highest BCUT2D eigenvalue weighted by atomic mass is 35.5. The summed E-state index contributed by atoms with van der Waals surface area (Å²) < 4.78 is 5.55. The molecule has 0 aromatic heterocycles. The average Bonchev–Trinajstić information content (AvgIpc) is 2.49. The number of rotatable bonds is 2. The van der Waals surface area contributed by atoms with Gasteiger partial charge in [-0.25, -0.2) is 0 Å². The highest BCUT2D eigenvalue weighted by molar-refractivity contribution is 6.32. The van der Waals surface area contributed by atoms with Gasteiger partial charge in [0, 0.05) is 5.56 Å². The van der Waals surface area contributed by atoms with Crippen molar-refractivity contribution in [2.24, 2.45) is 0 Å². The Morgan fingerprint density at radius 3 is 3.07 bits per heavy atom. The summed E-state index contributed by atoms with van der Waals surface area (Å²) in [6.07, 6.45) is 0. The van der Waals surface area contributed by atoms with Gasteiger partial charge in [-0.05, 0) is 25.1 Å². The van der Waals surface area contributed by atoms with Gasteiger partial charge in [-0.3, -0.25) is 0 Å². The summed E-state index contributed by atoms with van der Waals surface area (Å²) in [6.45, 7) is 5.77. The molecular weight excluding hydrogens is 198 g/mol. The van der Waals surface area contributed by atoms with Crippen molar-refractivity contribution in [2.75, 3.05) is 13.2 Å². The lowest BCUT2D eigenvalue weighted by Crippen LogP contribution is -2.21. The SMILES string of the molecule is CCNC1COc2c(Cl)cc(C)cc21. The molecule has 0 aliphatic carbocycles. The van der Waals surface area contributed by atoms with Crippen LogP contribution < -0.4 is 10.1 Å². The molecule has 3 heteroatoms. The van der Waals surface area contributed by atoms with E-state index in [0.29, 0.717) is 12.6 Å². The van der Waals surface area contributed by atoms with Crippen LogP contribution in [-0.2, 0) is 0 Å². The van der Waals surface area contributed by atoms with Crippen molar-refractivity contribution in [1.29, 1.82) is 0 Å². The van der Waals surface area contributed by atoms with Crippen LogP contribution in [0.4, 0.5) is 0 Å². The first-order valence-corrected chi connectivity index (χ1v) is 5.26. The first-order valence-electron chi connectivity index (χ1n) is 4.88. The lowest BCUT2D eigenvalue weighted by molar-refractivity contribution is 0.313. The highest BCUT2D eigenvalue weighted by Crippen LogP contribution is 2.39. The van der Waals surface area contributed by atoms with Crippen molar-refractivity contribution in [3.8, 4) is 5.75 Å². The molecule has 1 aliphatic rings. The first-order chi connectivity index (χ1) is 6.72. The molecule has 0 spiro atoms. The number of ether oxygens (including phenoxy) is 1. The third-order valence-electron chi connectivity index (χ3n) is 2.44. The lowest BCUT2D eigenvalue weighted by atomic mass is 10.1.